The minimum atomic E-state index is -0.731. The van der Waals surface area contributed by atoms with Gasteiger partial charge in [-0.25, -0.2) is 15.0 Å². The van der Waals surface area contributed by atoms with Crippen LogP contribution in [0.25, 0.3) is 0 Å². The number of aromatic nitrogens is 2. The van der Waals surface area contributed by atoms with Crippen LogP contribution in [0.2, 0.25) is 0 Å². The maximum absolute atomic E-state index is 14.1. The normalized spacial score (nSPS) is 20.3. The van der Waals surface area contributed by atoms with Gasteiger partial charge in [-0.3, -0.25) is 19.8 Å². The van der Waals surface area contributed by atoms with Gasteiger partial charge >= 0.3 is 0 Å². The molecule has 1 aromatic carbocycles. The van der Waals surface area contributed by atoms with Gasteiger partial charge in [0.25, 0.3) is 11.8 Å². The van der Waals surface area contributed by atoms with E-state index in [9.17, 15) is 14.7 Å². The molecule has 49 heavy (non-hydrogen) atoms. The Kier molecular flexibility index (Phi) is 8.27. The van der Waals surface area contributed by atoms with E-state index in [0.717, 1.165) is 73.0 Å². The Bertz CT molecular complexity index is 1920. The Labute approximate surface area is 289 Å². The van der Waals surface area contributed by atoms with E-state index in [4.69, 9.17) is 9.73 Å². The Morgan fingerprint density at radius 3 is 2.57 bits per heavy atom. The van der Waals surface area contributed by atoms with E-state index in [-0.39, 0.29) is 17.2 Å². The zero-order chi connectivity index (χ0) is 33.7. The van der Waals surface area contributed by atoms with Crippen molar-refractivity contribution in [3.8, 4) is 0 Å². The van der Waals surface area contributed by atoms with Crippen molar-refractivity contribution in [1.82, 2.24) is 15.3 Å². The van der Waals surface area contributed by atoms with E-state index >= 15 is 0 Å². The van der Waals surface area contributed by atoms with Crippen LogP contribution in [-0.2, 0) is 4.74 Å². The number of pyridine rings is 2. The molecule has 1 spiro atoms. The molecule has 6 heterocycles. The van der Waals surface area contributed by atoms with Crippen LogP contribution in [0.3, 0.4) is 0 Å². The highest BCUT2D eigenvalue weighted by atomic mass is 32.1. The maximum Gasteiger partial charge on any atom is 0.260 e. The van der Waals surface area contributed by atoms with Gasteiger partial charge in [-0.05, 0) is 99.7 Å². The van der Waals surface area contributed by atoms with Gasteiger partial charge in [-0.2, -0.15) is 0 Å². The zero-order valence-corrected chi connectivity index (χ0v) is 28.4. The highest BCUT2D eigenvalue weighted by Crippen LogP contribution is 2.43. The molecule has 2 atom stereocenters. The molecule has 2 saturated heterocycles. The second-order valence-corrected chi connectivity index (χ2v) is 14.7. The molecule has 1 aliphatic carbocycles. The van der Waals surface area contributed by atoms with E-state index in [2.05, 4.69) is 25.5 Å². The number of carbonyl (C=O) groups excluding carboxylic acids is 2. The standard InChI is InChI=1S/C37H39N7O4S/c1-22-18-27(32(39-19-22)43-20-37(21-43)13-16-48-17-14-37)34(45)40-25-7-5-24(6-8-25)36(47)44-23(2)31(42-28-4-3-15-38-33(28)44)29-11-12-30(49-29)35(46)41-26-9-10-26/h3-8,11-12,15,18-19,23,26,35,41,46H,9-10,13-14,16-17,20-21H2,1-2H3,(H,40,45)/t23-,35?/m1/s1. The van der Waals surface area contributed by atoms with Gasteiger partial charge in [0.2, 0.25) is 0 Å². The van der Waals surface area contributed by atoms with Gasteiger partial charge < -0.3 is 20.1 Å². The van der Waals surface area contributed by atoms with Crippen LogP contribution in [0.1, 0.15) is 74.9 Å². The lowest BCUT2D eigenvalue weighted by Crippen LogP contribution is -2.59. The lowest BCUT2D eigenvalue weighted by atomic mass is 9.73. The maximum atomic E-state index is 14.1. The van der Waals surface area contributed by atoms with Crippen molar-refractivity contribution in [2.24, 2.45) is 10.4 Å². The molecular weight excluding hydrogens is 639 g/mol. The summed E-state index contributed by atoms with van der Waals surface area (Å²) in [6, 6.07) is 16.3. The Morgan fingerprint density at radius 2 is 1.82 bits per heavy atom. The molecule has 3 aromatic heterocycles. The largest absolute Gasteiger partial charge is 0.381 e. The molecule has 3 aliphatic heterocycles. The molecule has 4 aliphatic rings. The average Bonchev–Trinajstić information content (AvgIpc) is 3.78. The first-order valence-electron chi connectivity index (χ1n) is 16.9. The van der Waals surface area contributed by atoms with E-state index < -0.39 is 12.3 Å². The Balaban J connectivity index is 0.990. The number of rotatable bonds is 8. The monoisotopic (exact) mass is 677 g/mol. The molecule has 1 unspecified atom stereocenters. The third-order valence-electron chi connectivity index (χ3n) is 9.90. The fourth-order valence-corrected chi connectivity index (χ4v) is 7.99. The van der Waals surface area contributed by atoms with Crippen molar-refractivity contribution < 1.29 is 19.4 Å². The SMILES string of the molecule is Cc1cnc(N2CC3(CCOCC3)C2)c(C(=O)Nc2ccc(C(=O)N3c4ncccc4N=C(c4ccc(C(O)NC5CC5)s4)[C@H]3C)cc2)c1. The number of nitrogens with zero attached hydrogens (tertiary/aromatic N) is 5. The van der Waals surface area contributed by atoms with E-state index in [1.165, 1.54) is 11.3 Å². The minimum Gasteiger partial charge on any atom is -0.381 e. The van der Waals surface area contributed by atoms with Crippen LogP contribution < -0.4 is 20.4 Å². The van der Waals surface area contributed by atoms with Gasteiger partial charge in [-0.15, -0.1) is 11.3 Å². The number of anilines is 3. The summed E-state index contributed by atoms with van der Waals surface area (Å²) in [5, 5.41) is 16.9. The van der Waals surface area contributed by atoms with E-state index in [0.29, 0.717) is 40.2 Å². The number of carbonyl (C=O) groups is 2. The molecule has 8 rings (SSSR count). The highest BCUT2D eigenvalue weighted by molar-refractivity contribution is 7.14. The van der Waals surface area contributed by atoms with Crippen molar-refractivity contribution in [1.29, 1.82) is 0 Å². The highest BCUT2D eigenvalue weighted by Gasteiger charge is 2.45. The molecule has 4 aromatic rings. The lowest BCUT2D eigenvalue weighted by molar-refractivity contribution is -0.000510. The topological polar surface area (TPSA) is 132 Å². The molecule has 0 radical (unpaired) electrons. The molecule has 2 amide bonds. The smallest absolute Gasteiger partial charge is 0.260 e. The molecule has 12 heteroatoms. The van der Waals surface area contributed by atoms with Crippen molar-refractivity contribution in [3.05, 3.63) is 93.4 Å². The van der Waals surface area contributed by atoms with Gasteiger partial charge in [0, 0.05) is 66.3 Å². The lowest BCUT2D eigenvalue weighted by Gasteiger charge is -2.53. The number of benzene rings is 1. The number of hydrogen-bond acceptors (Lipinski definition) is 10. The van der Waals surface area contributed by atoms with Crippen LogP contribution in [0.4, 0.5) is 23.0 Å². The summed E-state index contributed by atoms with van der Waals surface area (Å²) >= 11 is 1.47. The van der Waals surface area contributed by atoms with Gasteiger partial charge in [0.15, 0.2) is 5.82 Å². The predicted octanol–water partition coefficient (Wildman–Crippen LogP) is 5.63. The number of aryl methyl sites for hydroxylation is 1. The third-order valence-corrected chi connectivity index (χ3v) is 11.1. The predicted molar refractivity (Wildman–Crippen MR) is 190 cm³/mol. The average molecular weight is 678 g/mol. The Morgan fingerprint density at radius 1 is 1.04 bits per heavy atom. The molecule has 11 nitrogen and oxygen atoms in total. The molecule has 1 saturated carbocycles. The summed E-state index contributed by atoms with van der Waals surface area (Å²) in [6.45, 7) is 7.19. The molecule has 0 bridgehead atoms. The number of nitrogens with one attached hydrogen (secondary N) is 2. The molecule has 3 N–H and O–H groups in total. The Hall–Kier alpha value is -4.49. The second kappa shape index (κ2) is 12.8. The first-order valence-corrected chi connectivity index (χ1v) is 17.7. The van der Waals surface area contributed by atoms with E-state index in [1.54, 1.807) is 47.6 Å². The first kappa shape index (κ1) is 31.8. The number of thiophene rings is 1. The summed E-state index contributed by atoms with van der Waals surface area (Å²) < 4.78 is 5.57. The van der Waals surface area contributed by atoms with Gasteiger partial charge in [-0.1, -0.05) is 0 Å². The van der Waals surface area contributed by atoms with E-state index in [1.807, 2.05) is 38.1 Å². The van der Waals surface area contributed by atoms with Crippen LogP contribution in [0, 0.1) is 12.3 Å². The number of ether oxygens (including phenoxy) is 1. The third kappa shape index (κ3) is 6.25. The number of amides is 2. The van der Waals surface area contributed by atoms with Crippen molar-refractivity contribution in [2.45, 2.75) is 57.8 Å². The molecular formula is C37H39N7O4S. The summed E-state index contributed by atoms with van der Waals surface area (Å²) in [5.74, 6) is 0.715. The minimum absolute atomic E-state index is 0.227. The van der Waals surface area contributed by atoms with Crippen LogP contribution in [0.5, 0.6) is 0 Å². The molecule has 3 fully saturated rings. The summed E-state index contributed by atoms with van der Waals surface area (Å²) in [7, 11) is 0. The summed E-state index contributed by atoms with van der Waals surface area (Å²) in [6.07, 6.45) is 6.95. The summed E-state index contributed by atoms with van der Waals surface area (Å²) in [4.78, 5) is 47.4. The first-order chi connectivity index (χ1) is 23.8. The number of aliphatic imine (C=N–C) groups is 1. The fourth-order valence-electron chi connectivity index (χ4n) is 6.96. The van der Waals surface area contributed by atoms with Gasteiger partial charge in [0.05, 0.1) is 22.2 Å². The number of hydrogen-bond donors (Lipinski definition) is 3. The zero-order valence-electron chi connectivity index (χ0n) is 27.6. The number of fused-ring (bicyclic) bond motifs is 1. The second-order valence-electron chi connectivity index (χ2n) is 13.6. The van der Waals surface area contributed by atoms with Crippen molar-refractivity contribution in [2.75, 3.05) is 41.4 Å². The summed E-state index contributed by atoms with van der Waals surface area (Å²) in [5.41, 5.74) is 4.07. The van der Waals surface area contributed by atoms with Crippen LogP contribution in [0.15, 0.2) is 72.0 Å². The fraction of sp³-hybridized carbons (Fsp3) is 0.378. The number of aliphatic hydroxyl groups is 1. The number of aliphatic hydroxyl groups excluding tert-OH is 1. The van der Waals surface area contributed by atoms with Crippen molar-refractivity contribution in [3.63, 3.8) is 0 Å². The van der Waals surface area contributed by atoms with Crippen LogP contribution in [-0.4, -0.2) is 71.0 Å². The quantitative estimate of drug-likeness (QED) is 0.205. The van der Waals surface area contributed by atoms with Gasteiger partial charge in [0.1, 0.15) is 17.7 Å². The van der Waals surface area contributed by atoms with Crippen molar-refractivity contribution >= 4 is 51.9 Å². The molecule has 252 valence electrons. The van der Waals surface area contributed by atoms with Crippen LogP contribution >= 0.6 is 11.3 Å².